The number of anilines is 1. The Balaban J connectivity index is 1.61. The summed E-state index contributed by atoms with van der Waals surface area (Å²) in [7, 11) is 2.13. The summed E-state index contributed by atoms with van der Waals surface area (Å²) in [5.41, 5.74) is 2.33. The molecule has 2 fully saturated rings. The van der Waals surface area contributed by atoms with Crippen LogP contribution in [0.3, 0.4) is 0 Å². The van der Waals surface area contributed by atoms with Crippen molar-refractivity contribution in [3.8, 4) is 0 Å². The van der Waals surface area contributed by atoms with Gasteiger partial charge in [-0.2, -0.15) is 0 Å². The van der Waals surface area contributed by atoms with Gasteiger partial charge in [0.25, 0.3) is 0 Å². The van der Waals surface area contributed by atoms with Crippen molar-refractivity contribution in [3.63, 3.8) is 0 Å². The van der Waals surface area contributed by atoms with Crippen LogP contribution in [0.4, 0.5) is 5.95 Å². The molecule has 0 bridgehead atoms. The highest BCUT2D eigenvalue weighted by molar-refractivity contribution is 5.78. The lowest BCUT2D eigenvalue weighted by Crippen LogP contribution is -2.39. The highest BCUT2D eigenvalue weighted by Crippen LogP contribution is 2.28. The van der Waals surface area contributed by atoms with Gasteiger partial charge in [0, 0.05) is 32.2 Å². The molecule has 1 saturated heterocycles. The van der Waals surface area contributed by atoms with E-state index >= 15 is 0 Å². The molecule has 2 heterocycles. The topological polar surface area (TPSA) is 33.1 Å². The standard InChI is InChI=1S/C16H22N4/c1-19-15-7-3-2-6-14(15)18-16(19)20-10-4-5-13(20)11-17-12-8-9-12/h2-3,6-7,12-13,17H,4-5,8-11H2,1H3. The molecular weight excluding hydrogens is 248 g/mol. The fourth-order valence-corrected chi connectivity index (χ4v) is 3.29. The van der Waals surface area contributed by atoms with Crippen LogP contribution in [-0.2, 0) is 7.05 Å². The number of hydrogen-bond donors (Lipinski definition) is 1. The number of fused-ring (bicyclic) bond motifs is 1. The monoisotopic (exact) mass is 270 g/mol. The molecule has 0 radical (unpaired) electrons. The molecule has 4 nitrogen and oxygen atoms in total. The van der Waals surface area contributed by atoms with Crippen LogP contribution < -0.4 is 10.2 Å². The number of rotatable bonds is 4. The highest BCUT2D eigenvalue weighted by Gasteiger charge is 2.30. The maximum absolute atomic E-state index is 4.85. The average Bonchev–Trinajstić information content (AvgIpc) is 3.09. The molecule has 1 unspecified atom stereocenters. The molecule has 1 aromatic heterocycles. The lowest BCUT2D eigenvalue weighted by atomic mass is 10.2. The molecule has 0 spiro atoms. The van der Waals surface area contributed by atoms with E-state index in [2.05, 4.69) is 46.1 Å². The lowest BCUT2D eigenvalue weighted by Gasteiger charge is -2.26. The van der Waals surface area contributed by atoms with Crippen molar-refractivity contribution in [1.29, 1.82) is 0 Å². The zero-order valence-electron chi connectivity index (χ0n) is 12.0. The molecule has 1 atom stereocenters. The van der Waals surface area contributed by atoms with Gasteiger partial charge in [-0.25, -0.2) is 4.98 Å². The molecule has 1 aliphatic heterocycles. The fourth-order valence-electron chi connectivity index (χ4n) is 3.29. The molecule has 0 amide bonds. The first kappa shape index (κ1) is 12.2. The number of para-hydroxylation sites is 2. The summed E-state index contributed by atoms with van der Waals surface area (Å²) in [6.45, 7) is 2.24. The number of nitrogens with one attached hydrogen (secondary N) is 1. The Morgan fingerprint density at radius 1 is 1.25 bits per heavy atom. The van der Waals surface area contributed by atoms with Crippen molar-refractivity contribution in [2.45, 2.75) is 37.8 Å². The molecule has 20 heavy (non-hydrogen) atoms. The van der Waals surface area contributed by atoms with Crippen LogP contribution in [0.2, 0.25) is 0 Å². The second kappa shape index (κ2) is 4.77. The molecule has 106 valence electrons. The number of imidazole rings is 1. The second-order valence-corrected chi connectivity index (χ2v) is 6.13. The number of benzene rings is 1. The van der Waals surface area contributed by atoms with Crippen LogP contribution >= 0.6 is 0 Å². The minimum Gasteiger partial charge on any atom is -0.338 e. The van der Waals surface area contributed by atoms with Gasteiger partial charge in [-0.1, -0.05) is 12.1 Å². The van der Waals surface area contributed by atoms with Crippen LogP contribution in [0.25, 0.3) is 11.0 Å². The van der Waals surface area contributed by atoms with Gasteiger partial charge in [-0.3, -0.25) is 0 Å². The van der Waals surface area contributed by atoms with Gasteiger partial charge in [0.1, 0.15) is 0 Å². The number of hydrogen-bond acceptors (Lipinski definition) is 3. The van der Waals surface area contributed by atoms with E-state index < -0.39 is 0 Å². The van der Waals surface area contributed by atoms with Gasteiger partial charge in [-0.15, -0.1) is 0 Å². The Morgan fingerprint density at radius 3 is 2.90 bits per heavy atom. The third-order valence-electron chi connectivity index (χ3n) is 4.62. The van der Waals surface area contributed by atoms with E-state index in [-0.39, 0.29) is 0 Å². The van der Waals surface area contributed by atoms with Crippen LogP contribution in [0.1, 0.15) is 25.7 Å². The van der Waals surface area contributed by atoms with E-state index in [1.54, 1.807) is 0 Å². The number of aryl methyl sites for hydroxylation is 1. The van der Waals surface area contributed by atoms with Crippen LogP contribution in [-0.4, -0.2) is 34.7 Å². The average molecular weight is 270 g/mol. The summed E-state index contributed by atoms with van der Waals surface area (Å²) < 4.78 is 2.24. The van der Waals surface area contributed by atoms with Crippen LogP contribution in [0, 0.1) is 0 Å². The smallest absolute Gasteiger partial charge is 0.206 e. The zero-order valence-corrected chi connectivity index (χ0v) is 12.0. The van der Waals surface area contributed by atoms with Crippen LogP contribution in [0.15, 0.2) is 24.3 Å². The van der Waals surface area contributed by atoms with Gasteiger partial charge in [0.15, 0.2) is 0 Å². The van der Waals surface area contributed by atoms with Gasteiger partial charge < -0.3 is 14.8 Å². The minimum absolute atomic E-state index is 0.603. The molecule has 2 aromatic rings. The molecule has 1 aromatic carbocycles. The second-order valence-electron chi connectivity index (χ2n) is 6.13. The summed E-state index contributed by atoms with van der Waals surface area (Å²) in [6.07, 6.45) is 5.28. The number of nitrogens with zero attached hydrogens (tertiary/aromatic N) is 3. The lowest BCUT2D eigenvalue weighted by molar-refractivity contribution is 0.562. The van der Waals surface area contributed by atoms with Crippen molar-refractivity contribution in [2.24, 2.45) is 7.05 Å². The van der Waals surface area contributed by atoms with Crippen LogP contribution in [0.5, 0.6) is 0 Å². The van der Waals surface area contributed by atoms with Crippen molar-refractivity contribution >= 4 is 17.0 Å². The fraction of sp³-hybridized carbons (Fsp3) is 0.562. The maximum atomic E-state index is 4.85. The Morgan fingerprint density at radius 2 is 2.10 bits per heavy atom. The molecule has 1 aliphatic carbocycles. The van der Waals surface area contributed by atoms with E-state index in [0.717, 1.165) is 30.6 Å². The van der Waals surface area contributed by atoms with Crippen molar-refractivity contribution in [2.75, 3.05) is 18.0 Å². The van der Waals surface area contributed by atoms with E-state index in [1.807, 2.05) is 0 Å². The van der Waals surface area contributed by atoms with E-state index in [9.17, 15) is 0 Å². The van der Waals surface area contributed by atoms with E-state index in [4.69, 9.17) is 4.98 Å². The normalized spacial score (nSPS) is 22.9. The summed E-state index contributed by atoms with van der Waals surface area (Å²) >= 11 is 0. The van der Waals surface area contributed by atoms with Crippen molar-refractivity contribution in [1.82, 2.24) is 14.9 Å². The maximum Gasteiger partial charge on any atom is 0.206 e. The first-order valence-electron chi connectivity index (χ1n) is 7.74. The quantitative estimate of drug-likeness (QED) is 0.925. The highest BCUT2D eigenvalue weighted by atomic mass is 15.3. The van der Waals surface area contributed by atoms with E-state index in [1.165, 1.54) is 31.2 Å². The predicted molar refractivity (Wildman–Crippen MR) is 82.1 cm³/mol. The molecular formula is C16H22N4. The Bertz CT molecular complexity index is 614. The van der Waals surface area contributed by atoms with E-state index in [0.29, 0.717) is 6.04 Å². The van der Waals surface area contributed by atoms with Gasteiger partial charge in [-0.05, 0) is 37.8 Å². The minimum atomic E-state index is 0.603. The van der Waals surface area contributed by atoms with Gasteiger partial charge in [0.2, 0.25) is 5.95 Å². The Kier molecular flexibility index (Phi) is 2.91. The molecule has 4 rings (SSSR count). The zero-order chi connectivity index (χ0) is 13.5. The van der Waals surface area contributed by atoms with Gasteiger partial charge in [0.05, 0.1) is 11.0 Å². The third kappa shape index (κ3) is 2.08. The molecule has 1 N–H and O–H groups in total. The Hall–Kier alpha value is -1.55. The summed E-state index contributed by atoms with van der Waals surface area (Å²) in [6, 6.07) is 9.80. The molecule has 4 heteroatoms. The molecule has 1 saturated carbocycles. The van der Waals surface area contributed by atoms with Gasteiger partial charge >= 0.3 is 0 Å². The first-order chi connectivity index (χ1) is 9.83. The largest absolute Gasteiger partial charge is 0.338 e. The summed E-state index contributed by atoms with van der Waals surface area (Å²) in [4.78, 5) is 7.34. The predicted octanol–water partition coefficient (Wildman–Crippen LogP) is 2.29. The summed E-state index contributed by atoms with van der Waals surface area (Å²) in [5, 5.41) is 3.67. The summed E-state index contributed by atoms with van der Waals surface area (Å²) in [5.74, 6) is 1.13. The number of aromatic nitrogens is 2. The van der Waals surface area contributed by atoms with Crippen molar-refractivity contribution in [3.05, 3.63) is 24.3 Å². The Labute approximate surface area is 119 Å². The van der Waals surface area contributed by atoms with Crippen molar-refractivity contribution < 1.29 is 0 Å². The first-order valence-corrected chi connectivity index (χ1v) is 7.74. The molecule has 2 aliphatic rings. The SMILES string of the molecule is Cn1c(N2CCCC2CNC2CC2)nc2ccccc21. The third-order valence-corrected chi connectivity index (χ3v) is 4.62.